The van der Waals surface area contributed by atoms with Gasteiger partial charge in [0, 0.05) is 12.1 Å². The van der Waals surface area contributed by atoms with Crippen LogP contribution in [0.15, 0.2) is 53.5 Å². The van der Waals surface area contributed by atoms with E-state index in [9.17, 15) is 22.8 Å². The van der Waals surface area contributed by atoms with Crippen molar-refractivity contribution in [3.05, 3.63) is 54.1 Å². The number of carbonyl (C=O) groups is 2. The standard InChI is InChI=1S/C27H29F3N2O3/c1-4-5-13-35-18-10-8-9-17(14-18)24-23-20(15-26(2,3)16-22(23)33)31-19-11-6-7-12-21(19)32(24)25(34)27(28,29)30/h6-12,14,23-24H,4-5,13,15-16H2,1-3H3. The maximum atomic E-state index is 13.9. The molecule has 0 bridgehead atoms. The molecule has 8 heteroatoms. The van der Waals surface area contributed by atoms with Crippen LogP contribution in [-0.2, 0) is 9.59 Å². The lowest BCUT2D eigenvalue weighted by Gasteiger charge is -2.41. The normalized spacial score (nSPS) is 21.5. The number of fused-ring (bicyclic) bond motifs is 2. The SMILES string of the molecule is CCCCOc1cccc(C2C3C(=O)CC(C)(C)CC3=Nc3ccccc3N2C(=O)C(F)(F)F)c1. The number of unbranched alkanes of at least 4 members (excludes halogenated alkanes) is 1. The van der Waals surface area contributed by atoms with Crippen molar-refractivity contribution in [3.8, 4) is 5.75 Å². The third-order valence-corrected chi connectivity index (χ3v) is 6.45. The van der Waals surface area contributed by atoms with Gasteiger partial charge in [0.1, 0.15) is 11.5 Å². The molecule has 1 saturated carbocycles. The Bertz CT molecular complexity index is 1160. The van der Waals surface area contributed by atoms with E-state index in [1.54, 1.807) is 42.5 Å². The summed E-state index contributed by atoms with van der Waals surface area (Å²) in [5.41, 5.74) is 0.788. The molecule has 2 aromatic carbocycles. The molecule has 1 aliphatic carbocycles. The van der Waals surface area contributed by atoms with Crippen molar-refractivity contribution in [2.75, 3.05) is 11.5 Å². The molecule has 0 radical (unpaired) electrons. The van der Waals surface area contributed by atoms with E-state index in [0.717, 1.165) is 17.7 Å². The number of benzene rings is 2. The Morgan fingerprint density at radius 2 is 1.89 bits per heavy atom. The molecule has 0 spiro atoms. The number of alkyl halides is 3. The van der Waals surface area contributed by atoms with Gasteiger partial charge in [0.2, 0.25) is 0 Å². The Hall–Kier alpha value is -3.16. The summed E-state index contributed by atoms with van der Waals surface area (Å²) < 4.78 is 47.6. The molecule has 2 aliphatic rings. The highest BCUT2D eigenvalue weighted by Crippen LogP contribution is 2.49. The van der Waals surface area contributed by atoms with E-state index in [0.29, 0.717) is 30.1 Å². The molecular formula is C27H29F3N2O3. The van der Waals surface area contributed by atoms with Crippen LogP contribution in [0.2, 0.25) is 0 Å². The van der Waals surface area contributed by atoms with E-state index in [2.05, 4.69) is 4.99 Å². The van der Waals surface area contributed by atoms with E-state index in [1.165, 1.54) is 6.07 Å². The van der Waals surface area contributed by atoms with Crippen molar-refractivity contribution >= 4 is 28.8 Å². The number of carbonyl (C=O) groups excluding carboxylic acids is 2. The molecule has 0 saturated heterocycles. The van der Waals surface area contributed by atoms with Crippen LogP contribution in [0.3, 0.4) is 0 Å². The van der Waals surface area contributed by atoms with Gasteiger partial charge < -0.3 is 4.74 Å². The summed E-state index contributed by atoms with van der Waals surface area (Å²) in [6.45, 7) is 6.37. The number of para-hydroxylation sites is 2. The molecule has 4 rings (SSSR count). The summed E-state index contributed by atoms with van der Waals surface area (Å²) in [5, 5.41) is 0. The number of nitrogens with zero attached hydrogens (tertiary/aromatic N) is 2. The smallest absolute Gasteiger partial charge is 0.471 e. The molecular weight excluding hydrogens is 457 g/mol. The maximum absolute atomic E-state index is 13.9. The Kier molecular flexibility index (Phi) is 6.75. The zero-order valence-corrected chi connectivity index (χ0v) is 20.1. The lowest BCUT2D eigenvalue weighted by atomic mass is 9.68. The average Bonchev–Trinajstić information content (AvgIpc) is 2.91. The van der Waals surface area contributed by atoms with Crippen molar-refractivity contribution in [2.24, 2.45) is 16.3 Å². The van der Waals surface area contributed by atoms with Crippen LogP contribution in [0.4, 0.5) is 24.5 Å². The Balaban J connectivity index is 1.92. The summed E-state index contributed by atoms with van der Waals surface area (Å²) >= 11 is 0. The van der Waals surface area contributed by atoms with Gasteiger partial charge in [-0.15, -0.1) is 0 Å². The molecule has 5 nitrogen and oxygen atoms in total. The molecule has 1 heterocycles. The largest absolute Gasteiger partial charge is 0.494 e. The first-order chi connectivity index (χ1) is 16.5. The minimum absolute atomic E-state index is 0.0321. The molecule has 0 N–H and O–H groups in total. The first-order valence-corrected chi connectivity index (χ1v) is 11.8. The molecule has 35 heavy (non-hydrogen) atoms. The summed E-state index contributed by atoms with van der Waals surface area (Å²) in [5.74, 6) is -2.76. The number of amides is 1. The van der Waals surface area contributed by atoms with Gasteiger partial charge in [0.15, 0.2) is 0 Å². The molecule has 2 atom stereocenters. The van der Waals surface area contributed by atoms with Crippen LogP contribution in [0.25, 0.3) is 0 Å². The maximum Gasteiger partial charge on any atom is 0.471 e. The first kappa shape index (κ1) is 24.9. The Morgan fingerprint density at radius 3 is 2.60 bits per heavy atom. The molecule has 186 valence electrons. The molecule has 2 unspecified atom stereocenters. The van der Waals surface area contributed by atoms with Gasteiger partial charge in [-0.25, -0.2) is 0 Å². The van der Waals surface area contributed by atoms with Crippen LogP contribution in [-0.4, -0.2) is 30.2 Å². The van der Waals surface area contributed by atoms with Gasteiger partial charge in [-0.2, -0.15) is 13.2 Å². The third kappa shape index (κ3) is 5.11. The second-order valence-electron chi connectivity index (χ2n) is 9.95. The van der Waals surface area contributed by atoms with E-state index in [4.69, 9.17) is 4.74 Å². The third-order valence-electron chi connectivity index (χ3n) is 6.45. The number of anilines is 1. The van der Waals surface area contributed by atoms with Crippen molar-refractivity contribution in [2.45, 2.75) is 58.7 Å². The number of hydrogen-bond donors (Lipinski definition) is 0. The highest BCUT2D eigenvalue weighted by Gasteiger charge is 2.52. The predicted molar refractivity (Wildman–Crippen MR) is 128 cm³/mol. The first-order valence-electron chi connectivity index (χ1n) is 11.8. The fourth-order valence-electron chi connectivity index (χ4n) is 4.95. The number of Topliss-reactive ketones (excluding diaryl/α,β-unsaturated/α-hetero) is 1. The fourth-order valence-corrected chi connectivity index (χ4v) is 4.95. The minimum Gasteiger partial charge on any atom is -0.494 e. The Morgan fingerprint density at radius 1 is 1.14 bits per heavy atom. The van der Waals surface area contributed by atoms with Crippen LogP contribution >= 0.6 is 0 Å². The molecule has 1 fully saturated rings. The van der Waals surface area contributed by atoms with Gasteiger partial charge in [0.05, 0.1) is 29.9 Å². The highest BCUT2D eigenvalue weighted by atomic mass is 19.4. The van der Waals surface area contributed by atoms with Gasteiger partial charge in [-0.05, 0) is 48.1 Å². The van der Waals surface area contributed by atoms with Gasteiger partial charge in [0.25, 0.3) is 0 Å². The lowest BCUT2D eigenvalue weighted by molar-refractivity contribution is -0.171. The quantitative estimate of drug-likeness (QED) is 0.448. The molecule has 1 aliphatic heterocycles. The topological polar surface area (TPSA) is 59.0 Å². The summed E-state index contributed by atoms with van der Waals surface area (Å²) in [6.07, 6.45) is -2.76. The number of ketones is 1. The van der Waals surface area contributed by atoms with Crippen molar-refractivity contribution in [1.29, 1.82) is 0 Å². The highest BCUT2D eigenvalue weighted by molar-refractivity contribution is 6.13. The number of rotatable bonds is 5. The fraction of sp³-hybridized carbons (Fsp3) is 0.444. The second kappa shape index (κ2) is 9.47. The van der Waals surface area contributed by atoms with Gasteiger partial charge in [-0.3, -0.25) is 19.5 Å². The van der Waals surface area contributed by atoms with Crippen LogP contribution in [0, 0.1) is 11.3 Å². The van der Waals surface area contributed by atoms with E-state index >= 15 is 0 Å². The zero-order chi connectivity index (χ0) is 25.4. The van der Waals surface area contributed by atoms with Gasteiger partial charge in [-0.1, -0.05) is 51.5 Å². The molecule has 0 aromatic heterocycles. The number of aliphatic imine (C=N–C) groups is 1. The van der Waals surface area contributed by atoms with Crippen molar-refractivity contribution < 1.29 is 27.5 Å². The van der Waals surface area contributed by atoms with Crippen LogP contribution < -0.4 is 9.64 Å². The summed E-state index contributed by atoms with van der Waals surface area (Å²) in [4.78, 5) is 31.8. The molecule has 1 amide bonds. The number of hydrogen-bond acceptors (Lipinski definition) is 4. The predicted octanol–water partition coefficient (Wildman–Crippen LogP) is 6.59. The summed E-state index contributed by atoms with van der Waals surface area (Å²) in [7, 11) is 0. The van der Waals surface area contributed by atoms with Crippen molar-refractivity contribution in [3.63, 3.8) is 0 Å². The average molecular weight is 487 g/mol. The van der Waals surface area contributed by atoms with E-state index in [-0.39, 0.29) is 29.0 Å². The van der Waals surface area contributed by atoms with E-state index in [1.807, 2.05) is 20.8 Å². The minimum atomic E-state index is -5.14. The van der Waals surface area contributed by atoms with Crippen LogP contribution in [0.5, 0.6) is 5.75 Å². The molecule has 2 aromatic rings. The number of ether oxygens (including phenoxy) is 1. The van der Waals surface area contributed by atoms with Crippen LogP contribution in [0.1, 0.15) is 58.1 Å². The van der Waals surface area contributed by atoms with Crippen molar-refractivity contribution in [1.82, 2.24) is 0 Å². The number of halogens is 3. The summed E-state index contributed by atoms with van der Waals surface area (Å²) in [6, 6.07) is 11.7. The second-order valence-corrected chi connectivity index (χ2v) is 9.95. The van der Waals surface area contributed by atoms with Gasteiger partial charge >= 0.3 is 12.1 Å². The Labute approximate surface area is 203 Å². The zero-order valence-electron chi connectivity index (χ0n) is 20.1. The monoisotopic (exact) mass is 486 g/mol. The lowest BCUT2D eigenvalue weighted by Crippen LogP contribution is -2.50. The van der Waals surface area contributed by atoms with E-state index < -0.39 is 24.0 Å².